The molecule has 1 atom stereocenters. The molecule has 3 heterocycles. The van der Waals surface area contributed by atoms with Gasteiger partial charge in [-0.25, -0.2) is 13.2 Å². The van der Waals surface area contributed by atoms with E-state index in [0.717, 1.165) is 24.0 Å². The maximum absolute atomic E-state index is 13.3. The van der Waals surface area contributed by atoms with Gasteiger partial charge in [0.1, 0.15) is 0 Å². The molecule has 8 nitrogen and oxygen atoms in total. The van der Waals surface area contributed by atoms with Crippen molar-refractivity contribution in [2.24, 2.45) is 5.92 Å². The molecule has 4 fully saturated rings. The van der Waals surface area contributed by atoms with Crippen LogP contribution in [0.1, 0.15) is 24.0 Å². The van der Waals surface area contributed by atoms with Crippen molar-refractivity contribution in [1.29, 1.82) is 0 Å². The molecule has 1 aromatic rings. The van der Waals surface area contributed by atoms with Crippen molar-refractivity contribution in [3.05, 3.63) is 29.3 Å². The van der Waals surface area contributed by atoms with Crippen LogP contribution < -0.4 is 0 Å². The van der Waals surface area contributed by atoms with E-state index in [9.17, 15) is 18.0 Å². The third-order valence-corrected chi connectivity index (χ3v) is 8.31. The lowest BCUT2D eigenvalue weighted by atomic mass is 9.84. The van der Waals surface area contributed by atoms with Crippen LogP contribution in [-0.2, 0) is 19.6 Å². The Morgan fingerprint density at radius 2 is 1.76 bits per heavy atom. The molecule has 2 amide bonds. The molecule has 156 valence electrons. The van der Waals surface area contributed by atoms with E-state index >= 15 is 0 Å². The highest BCUT2D eigenvalue weighted by atomic mass is 32.2. The average molecular weight is 420 g/mol. The van der Waals surface area contributed by atoms with Crippen molar-refractivity contribution in [3.8, 4) is 0 Å². The molecule has 4 aliphatic rings. The lowest BCUT2D eigenvalue weighted by Crippen LogP contribution is -2.72. The van der Waals surface area contributed by atoms with Crippen LogP contribution in [0.25, 0.3) is 0 Å². The molecule has 0 radical (unpaired) electrons. The fourth-order valence-electron chi connectivity index (χ4n) is 4.80. The summed E-state index contributed by atoms with van der Waals surface area (Å²) in [4.78, 5) is 28.3. The van der Waals surface area contributed by atoms with Crippen LogP contribution in [0.4, 0.5) is 4.79 Å². The minimum atomic E-state index is -3.67. The van der Waals surface area contributed by atoms with Crippen LogP contribution in [0.3, 0.4) is 0 Å². The van der Waals surface area contributed by atoms with Gasteiger partial charge in [-0.1, -0.05) is 6.07 Å². The van der Waals surface area contributed by atoms with Crippen LogP contribution in [0, 0.1) is 19.8 Å². The number of likely N-dealkylation sites (tertiary alicyclic amines) is 1. The molecule has 3 saturated heterocycles. The van der Waals surface area contributed by atoms with Crippen molar-refractivity contribution in [2.75, 3.05) is 32.7 Å². The van der Waals surface area contributed by atoms with E-state index in [1.54, 1.807) is 21.9 Å². The number of piperazine rings is 1. The minimum Gasteiger partial charge on any atom is -0.437 e. The summed E-state index contributed by atoms with van der Waals surface area (Å²) in [6, 6.07) is 4.93. The van der Waals surface area contributed by atoms with Gasteiger partial charge in [-0.2, -0.15) is 4.31 Å². The lowest BCUT2D eigenvalue weighted by Gasteiger charge is -2.51. The van der Waals surface area contributed by atoms with Gasteiger partial charge in [-0.05, 0) is 49.9 Å². The SMILES string of the molecule is Cc1cc(C)cc(S(=O)(=O)N2CCN3C(=O)OC4(CN(C(=O)C5CC5)C4)C3C2)c1. The number of sulfonamides is 1. The number of carbonyl (C=O) groups excluding carboxylic acids is 2. The van der Waals surface area contributed by atoms with E-state index in [2.05, 4.69) is 0 Å². The van der Waals surface area contributed by atoms with Gasteiger partial charge < -0.3 is 9.64 Å². The first kappa shape index (κ1) is 18.9. The molecule has 9 heteroatoms. The molecule has 0 N–H and O–H groups in total. The van der Waals surface area contributed by atoms with E-state index < -0.39 is 21.7 Å². The first-order valence-corrected chi connectivity index (χ1v) is 11.5. The number of fused-ring (bicyclic) bond motifs is 2. The summed E-state index contributed by atoms with van der Waals surface area (Å²) in [5.74, 6) is 0.244. The van der Waals surface area contributed by atoms with E-state index in [0.29, 0.717) is 19.6 Å². The Morgan fingerprint density at radius 1 is 1.10 bits per heavy atom. The van der Waals surface area contributed by atoms with Crippen LogP contribution in [0.15, 0.2) is 23.1 Å². The number of carbonyl (C=O) groups is 2. The van der Waals surface area contributed by atoms with Crippen molar-refractivity contribution in [2.45, 2.75) is 43.2 Å². The van der Waals surface area contributed by atoms with E-state index in [1.165, 1.54) is 4.31 Å². The van der Waals surface area contributed by atoms with Crippen molar-refractivity contribution < 1.29 is 22.7 Å². The molecule has 5 rings (SSSR count). The normalized spacial score (nSPS) is 26.3. The maximum Gasteiger partial charge on any atom is 0.411 e. The van der Waals surface area contributed by atoms with Gasteiger partial charge in [-0.3, -0.25) is 9.69 Å². The van der Waals surface area contributed by atoms with Crippen LogP contribution in [0.2, 0.25) is 0 Å². The molecule has 0 aromatic heterocycles. The number of aryl methyl sites for hydroxylation is 2. The molecular formula is C20H25N3O5S. The highest BCUT2D eigenvalue weighted by Crippen LogP contribution is 2.43. The molecular weight excluding hydrogens is 394 g/mol. The van der Waals surface area contributed by atoms with Gasteiger partial charge in [-0.15, -0.1) is 0 Å². The van der Waals surface area contributed by atoms with E-state index in [4.69, 9.17) is 4.74 Å². The fraction of sp³-hybridized carbons (Fsp3) is 0.600. The number of nitrogens with zero attached hydrogens (tertiary/aromatic N) is 3. The second-order valence-corrected chi connectivity index (χ2v) is 10.7. The second-order valence-electron chi connectivity index (χ2n) is 8.80. The predicted molar refractivity (Wildman–Crippen MR) is 104 cm³/mol. The highest BCUT2D eigenvalue weighted by molar-refractivity contribution is 7.89. The zero-order valence-electron chi connectivity index (χ0n) is 16.6. The first-order valence-electron chi connectivity index (χ1n) is 10.1. The number of rotatable bonds is 3. The maximum atomic E-state index is 13.3. The molecule has 1 saturated carbocycles. The minimum absolute atomic E-state index is 0.119. The number of benzene rings is 1. The second kappa shape index (κ2) is 6.18. The molecule has 1 aliphatic carbocycles. The smallest absolute Gasteiger partial charge is 0.411 e. The van der Waals surface area contributed by atoms with E-state index in [-0.39, 0.29) is 35.9 Å². The Kier molecular flexibility index (Phi) is 4.02. The summed E-state index contributed by atoms with van der Waals surface area (Å²) in [7, 11) is -3.67. The Morgan fingerprint density at radius 3 is 2.38 bits per heavy atom. The van der Waals surface area contributed by atoms with Gasteiger partial charge in [0.05, 0.1) is 24.0 Å². The zero-order chi connectivity index (χ0) is 20.6. The Hall–Kier alpha value is -2.13. The van der Waals surface area contributed by atoms with Crippen molar-refractivity contribution in [1.82, 2.24) is 14.1 Å². The zero-order valence-corrected chi connectivity index (χ0v) is 17.4. The van der Waals surface area contributed by atoms with Crippen LogP contribution in [0.5, 0.6) is 0 Å². The molecule has 3 aliphatic heterocycles. The van der Waals surface area contributed by atoms with Gasteiger partial charge in [0.2, 0.25) is 15.9 Å². The van der Waals surface area contributed by atoms with Gasteiger partial charge in [0.25, 0.3) is 0 Å². The summed E-state index contributed by atoms with van der Waals surface area (Å²) in [5, 5.41) is 0. The number of hydrogen-bond donors (Lipinski definition) is 0. The topological polar surface area (TPSA) is 87.2 Å². The number of amides is 2. The Labute approximate surface area is 170 Å². The third kappa shape index (κ3) is 2.93. The quantitative estimate of drug-likeness (QED) is 0.733. The monoisotopic (exact) mass is 419 g/mol. The third-order valence-electron chi connectivity index (χ3n) is 6.46. The average Bonchev–Trinajstić information content (AvgIpc) is 3.43. The largest absolute Gasteiger partial charge is 0.437 e. The molecule has 1 spiro atoms. The molecule has 0 bridgehead atoms. The van der Waals surface area contributed by atoms with Crippen molar-refractivity contribution >= 4 is 22.0 Å². The summed E-state index contributed by atoms with van der Waals surface area (Å²) in [5.41, 5.74) is 0.996. The Balaban J connectivity index is 1.38. The Bertz CT molecular complexity index is 977. The highest BCUT2D eigenvalue weighted by Gasteiger charge is 2.63. The summed E-state index contributed by atoms with van der Waals surface area (Å²) in [6.45, 7) is 5.18. The molecule has 1 aromatic carbocycles. The van der Waals surface area contributed by atoms with Crippen LogP contribution in [-0.4, -0.2) is 78.9 Å². The molecule has 29 heavy (non-hydrogen) atoms. The summed E-state index contributed by atoms with van der Waals surface area (Å²) < 4.78 is 33.7. The summed E-state index contributed by atoms with van der Waals surface area (Å²) in [6.07, 6.45) is 1.45. The lowest BCUT2D eigenvalue weighted by molar-refractivity contribution is -0.156. The number of hydrogen-bond acceptors (Lipinski definition) is 5. The van der Waals surface area contributed by atoms with Gasteiger partial charge in [0, 0.05) is 25.6 Å². The first-order chi connectivity index (χ1) is 13.7. The van der Waals surface area contributed by atoms with Crippen LogP contribution >= 0.6 is 0 Å². The van der Waals surface area contributed by atoms with Gasteiger partial charge >= 0.3 is 6.09 Å². The van der Waals surface area contributed by atoms with Crippen molar-refractivity contribution in [3.63, 3.8) is 0 Å². The predicted octanol–water partition coefficient (Wildman–Crippen LogP) is 1.12. The molecule has 1 unspecified atom stereocenters. The van der Waals surface area contributed by atoms with E-state index in [1.807, 2.05) is 19.9 Å². The number of ether oxygens (including phenoxy) is 1. The summed E-state index contributed by atoms with van der Waals surface area (Å²) >= 11 is 0. The van der Waals surface area contributed by atoms with Gasteiger partial charge in [0.15, 0.2) is 5.60 Å². The standard InChI is InChI=1S/C20H25N3O5S/c1-13-7-14(2)9-16(8-13)29(26,27)22-5-6-23-17(10-22)20(28-19(23)25)11-21(12-20)18(24)15-3-4-15/h7-9,15,17H,3-6,10-12H2,1-2H3. The fourth-order valence-corrected chi connectivity index (χ4v) is 6.42.